The van der Waals surface area contributed by atoms with E-state index in [2.05, 4.69) is 4.74 Å². The number of carbonyl (C=O) groups excluding carboxylic acids is 1. The van der Waals surface area contributed by atoms with Gasteiger partial charge < -0.3 is 18.9 Å². The van der Waals surface area contributed by atoms with E-state index in [1.165, 1.54) is 24.3 Å². The van der Waals surface area contributed by atoms with Crippen molar-refractivity contribution in [3.05, 3.63) is 53.1 Å². The van der Waals surface area contributed by atoms with Crippen molar-refractivity contribution in [2.45, 2.75) is 32.2 Å². The summed E-state index contributed by atoms with van der Waals surface area (Å²) < 4.78 is 58.6. The molecule has 2 rings (SSSR count). The van der Waals surface area contributed by atoms with Crippen molar-refractivity contribution in [1.29, 1.82) is 5.26 Å². The van der Waals surface area contributed by atoms with Crippen molar-refractivity contribution in [1.82, 2.24) is 0 Å². The van der Waals surface area contributed by atoms with E-state index in [-0.39, 0.29) is 17.4 Å². The lowest BCUT2D eigenvalue weighted by molar-refractivity contribution is -0.137. The Morgan fingerprint density at radius 3 is 2.33 bits per heavy atom. The third-order valence-electron chi connectivity index (χ3n) is 3.67. The van der Waals surface area contributed by atoms with Crippen molar-refractivity contribution in [3.63, 3.8) is 0 Å². The molecule has 0 aliphatic rings. The van der Waals surface area contributed by atoms with E-state index in [9.17, 15) is 18.0 Å². The molecule has 0 aliphatic carbocycles. The fraction of sp³-hybridized carbons (Fsp3) is 0.300. The summed E-state index contributed by atoms with van der Waals surface area (Å²) in [6.07, 6.45) is -7.46. The average molecular weight is 444 g/mol. The quantitative estimate of drug-likeness (QED) is 0.489. The van der Waals surface area contributed by atoms with Crippen LogP contribution < -0.4 is 9.47 Å². The van der Waals surface area contributed by atoms with Crippen molar-refractivity contribution in [3.8, 4) is 23.3 Å². The third kappa shape index (κ3) is 6.46. The Bertz CT molecular complexity index is 912. The molecule has 10 heteroatoms. The number of rotatable bonds is 7. The Morgan fingerprint density at radius 2 is 1.80 bits per heavy atom. The standard InChI is InChI=1S/C20H17ClF3NO5/c1-3-27-19(26)30-18(11-25)12(2)28-14-5-7-15(8-6-14)29-17-9-4-13(10-16(17)21)20(22,23)24/h4-10,12,18H,3H2,1-2H3. The van der Waals surface area contributed by atoms with Gasteiger partial charge in [0, 0.05) is 0 Å². The number of nitrogens with zero attached hydrogens (tertiary/aromatic N) is 1. The lowest BCUT2D eigenvalue weighted by Crippen LogP contribution is -2.32. The fourth-order valence-electron chi connectivity index (χ4n) is 2.23. The minimum atomic E-state index is -4.50. The summed E-state index contributed by atoms with van der Waals surface area (Å²) in [7, 11) is 0. The molecule has 0 saturated carbocycles. The first-order chi connectivity index (χ1) is 14.1. The number of ether oxygens (including phenoxy) is 4. The van der Waals surface area contributed by atoms with Crippen LogP contribution in [0, 0.1) is 11.3 Å². The van der Waals surface area contributed by atoms with Gasteiger partial charge in [-0.3, -0.25) is 0 Å². The fourth-order valence-corrected chi connectivity index (χ4v) is 2.45. The molecule has 30 heavy (non-hydrogen) atoms. The molecule has 0 bridgehead atoms. The van der Waals surface area contributed by atoms with Crippen LogP contribution in [0.2, 0.25) is 5.02 Å². The summed E-state index contributed by atoms with van der Waals surface area (Å²) in [5, 5.41) is 8.94. The zero-order valence-electron chi connectivity index (χ0n) is 15.9. The second-order valence-electron chi connectivity index (χ2n) is 5.89. The number of carbonyl (C=O) groups is 1. The number of nitriles is 1. The number of benzene rings is 2. The Morgan fingerprint density at radius 1 is 1.17 bits per heavy atom. The molecule has 2 atom stereocenters. The van der Waals surface area contributed by atoms with Crippen LogP contribution in [-0.2, 0) is 15.7 Å². The van der Waals surface area contributed by atoms with E-state index in [1.807, 2.05) is 6.07 Å². The van der Waals surface area contributed by atoms with Crippen LogP contribution in [0.15, 0.2) is 42.5 Å². The van der Waals surface area contributed by atoms with Crippen LogP contribution >= 0.6 is 11.6 Å². The van der Waals surface area contributed by atoms with Gasteiger partial charge in [0.1, 0.15) is 29.4 Å². The van der Waals surface area contributed by atoms with Crippen molar-refractivity contribution in [2.75, 3.05) is 6.61 Å². The largest absolute Gasteiger partial charge is 0.509 e. The van der Waals surface area contributed by atoms with Crippen molar-refractivity contribution >= 4 is 17.8 Å². The number of alkyl halides is 3. The molecule has 0 aliphatic heterocycles. The van der Waals surface area contributed by atoms with Crippen LogP contribution in [0.1, 0.15) is 19.4 Å². The lowest BCUT2D eigenvalue weighted by atomic mass is 10.2. The van der Waals surface area contributed by atoms with Crippen LogP contribution in [0.25, 0.3) is 0 Å². The summed E-state index contributed by atoms with van der Waals surface area (Å²) in [6.45, 7) is 3.25. The number of hydrogen-bond acceptors (Lipinski definition) is 6. The third-order valence-corrected chi connectivity index (χ3v) is 3.97. The van der Waals surface area contributed by atoms with Gasteiger partial charge in [0.15, 0.2) is 0 Å². The molecule has 0 fully saturated rings. The summed E-state index contributed by atoms with van der Waals surface area (Å²) in [6, 6.07) is 10.6. The summed E-state index contributed by atoms with van der Waals surface area (Å²) in [5.74, 6) is 0.705. The molecule has 0 radical (unpaired) electrons. The lowest BCUT2D eigenvalue weighted by Gasteiger charge is -2.19. The highest BCUT2D eigenvalue weighted by Gasteiger charge is 2.31. The maximum Gasteiger partial charge on any atom is 0.509 e. The second kappa shape index (κ2) is 10.1. The zero-order chi connectivity index (χ0) is 22.3. The van der Waals surface area contributed by atoms with Gasteiger partial charge in [-0.05, 0) is 56.3 Å². The molecule has 6 nitrogen and oxygen atoms in total. The van der Waals surface area contributed by atoms with Gasteiger partial charge in [-0.15, -0.1) is 0 Å². The molecular weight excluding hydrogens is 427 g/mol. The summed E-state index contributed by atoms with van der Waals surface area (Å²) in [5.41, 5.74) is -0.880. The summed E-state index contributed by atoms with van der Waals surface area (Å²) in [4.78, 5) is 11.4. The van der Waals surface area contributed by atoms with E-state index in [1.54, 1.807) is 13.8 Å². The molecular formula is C20H17ClF3NO5. The first-order valence-corrected chi connectivity index (χ1v) is 9.06. The van der Waals surface area contributed by atoms with Gasteiger partial charge in [-0.25, -0.2) is 4.79 Å². The Labute approximate surface area is 175 Å². The van der Waals surface area contributed by atoms with Crippen molar-refractivity contribution < 1.29 is 36.9 Å². The maximum absolute atomic E-state index is 12.7. The van der Waals surface area contributed by atoms with Gasteiger partial charge >= 0.3 is 12.3 Å². The normalized spacial score (nSPS) is 13.0. The van der Waals surface area contributed by atoms with Crippen LogP contribution in [0.3, 0.4) is 0 Å². The maximum atomic E-state index is 12.7. The van der Waals surface area contributed by atoms with Crippen LogP contribution in [0.5, 0.6) is 17.2 Å². The smallest absolute Gasteiger partial charge is 0.486 e. The Kier molecular flexibility index (Phi) is 7.78. The van der Waals surface area contributed by atoms with Gasteiger partial charge in [-0.1, -0.05) is 11.6 Å². The molecule has 0 spiro atoms. The number of hydrogen-bond donors (Lipinski definition) is 0. The van der Waals surface area contributed by atoms with Crippen molar-refractivity contribution in [2.24, 2.45) is 0 Å². The van der Waals surface area contributed by atoms with Gasteiger partial charge in [0.2, 0.25) is 6.10 Å². The average Bonchev–Trinajstić information content (AvgIpc) is 2.68. The molecule has 0 amide bonds. The van der Waals surface area contributed by atoms with E-state index in [0.29, 0.717) is 11.5 Å². The molecule has 0 N–H and O–H groups in total. The number of halogens is 4. The highest BCUT2D eigenvalue weighted by Crippen LogP contribution is 2.36. The molecule has 160 valence electrons. The first-order valence-electron chi connectivity index (χ1n) is 8.68. The monoisotopic (exact) mass is 443 g/mol. The molecule has 2 aromatic rings. The molecule has 2 aromatic carbocycles. The highest BCUT2D eigenvalue weighted by atomic mass is 35.5. The Hall–Kier alpha value is -3.12. The van der Waals surface area contributed by atoms with Gasteiger partial charge in [0.25, 0.3) is 0 Å². The van der Waals surface area contributed by atoms with E-state index in [0.717, 1.165) is 18.2 Å². The second-order valence-corrected chi connectivity index (χ2v) is 6.30. The first kappa shape index (κ1) is 23.2. The molecule has 0 heterocycles. The van der Waals surface area contributed by atoms with E-state index in [4.69, 9.17) is 31.1 Å². The zero-order valence-corrected chi connectivity index (χ0v) is 16.7. The van der Waals surface area contributed by atoms with Crippen LogP contribution in [0.4, 0.5) is 18.0 Å². The predicted octanol–water partition coefficient (Wildman–Crippen LogP) is 5.98. The van der Waals surface area contributed by atoms with Crippen LogP contribution in [-0.4, -0.2) is 25.0 Å². The molecule has 0 aromatic heterocycles. The van der Waals surface area contributed by atoms with E-state index < -0.39 is 30.1 Å². The summed E-state index contributed by atoms with van der Waals surface area (Å²) >= 11 is 5.87. The molecule has 2 unspecified atom stereocenters. The highest BCUT2D eigenvalue weighted by molar-refractivity contribution is 6.32. The SMILES string of the molecule is CCOC(=O)OC(C#N)C(C)Oc1ccc(Oc2ccc(C(F)(F)F)cc2Cl)cc1. The van der Waals surface area contributed by atoms with Gasteiger partial charge in [0.05, 0.1) is 17.2 Å². The minimum Gasteiger partial charge on any atom is -0.486 e. The predicted molar refractivity (Wildman–Crippen MR) is 101 cm³/mol. The van der Waals surface area contributed by atoms with Gasteiger partial charge in [-0.2, -0.15) is 18.4 Å². The minimum absolute atomic E-state index is 0.0547. The molecule has 0 saturated heterocycles. The topological polar surface area (TPSA) is 77.8 Å². The van der Waals surface area contributed by atoms with E-state index >= 15 is 0 Å². The Balaban J connectivity index is 2.01.